The van der Waals surface area contributed by atoms with E-state index in [4.69, 9.17) is 9.47 Å². The molecule has 1 aliphatic carbocycles. The summed E-state index contributed by atoms with van der Waals surface area (Å²) < 4.78 is 11.3. The fourth-order valence-corrected chi connectivity index (χ4v) is 2.99. The van der Waals surface area contributed by atoms with Crippen LogP contribution in [0.4, 0.5) is 0 Å². The summed E-state index contributed by atoms with van der Waals surface area (Å²) >= 11 is 0. The molecule has 2 fully saturated rings. The van der Waals surface area contributed by atoms with E-state index in [9.17, 15) is 0 Å². The number of hydrogen-bond donors (Lipinski definition) is 2. The minimum atomic E-state index is 0. The van der Waals surface area contributed by atoms with Gasteiger partial charge in [0.25, 0.3) is 0 Å². The summed E-state index contributed by atoms with van der Waals surface area (Å²) in [6.07, 6.45) is 3.74. The molecule has 2 N–H and O–H groups in total. The highest BCUT2D eigenvalue weighted by molar-refractivity contribution is 14.0. The molecular weight excluding hydrogens is 405 g/mol. The summed E-state index contributed by atoms with van der Waals surface area (Å²) in [6.45, 7) is 12.4. The van der Waals surface area contributed by atoms with Crippen molar-refractivity contribution in [2.45, 2.75) is 59.1 Å². The van der Waals surface area contributed by atoms with E-state index in [-0.39, 0.29) is 34.8 Å². The summed E-state index contributed by atoms with van der Waals surface area (Å²) in [6, 6.07) is 0.413. The molecule has 136 valence electrons. The molecule has 0 radical (unpaired) electrons. The summed E-state index contributed by atoms with van der Waals surface area (Å²) in [7, 11) is 1.83. The topological polar surface area (TPSA) is 54.9 Å². The van der Waals surface area contributed by atoms with Crippen LogP contribution in [0.15, 0.2) is 4.99 Å². The van der Waals surface area contributed by atoms with Crippen LogP contribution in [0.25, 0.3) is 0 Å². The molecule has 2 rings (SSSR count). The van der Waals surface area contributed by atoms with E-state index in [1.165, 1.54) is 6.42 Å². The van der Waals surface area contributed by atoms with Gasteiger partial charge in [0.2, 0.25) is 0 Å². The quantitative estimate of drug-likeness (QED) is 0.277. The van der Waals surface area contributed by atoms with Gasteiger partial charge in [-0.15, -0.1) is 24.0 Å². The minimum Gasteiger partial charge on any atom is -0.380 e. The smallest absolute Gasteiger partial charge is 0.191 e. The Bertz CT molecular complexity index is 397. The Kier molecular flexibility index (Phi) is 8.07. The van der Waals surface area contributed by atoms with Crippen molar-refractivity contribution in [1.29, 1.82) is 0 Å². The number of halogens is 1. The third-order valence-electron chi connectivity index (χ3n) is 5.11. The highest BCUT2D eigenvalue weighted by atomic mass is 127. The molecule has 1 heterocycles. The van der Waals surface area contributed by atoms with Gasteiger partial charge < -0.3 is 20.1 Å². The molecule has 6 heteroatoms. The average Bonchev–Trinajstić information content (AvgIpc) is 2.46. The first-order valence-corrected chi connectivity index (χ1v) is 8.58. The lowest BCUT2D eigenvalue weighted by Gasteiger charge is -2.52. The molecule has 0 aromatic rings. The van der Waals surface area contributed by atoms with Crippen molar-refractivity contribution in [3.05, 3.63) is 0 Å². The molecule has 1 saturated carbocycles. The molecule has 5 nitrogen and oxygen atoms in total. The fraction of sp³-hybridized carbons (Fsp3) is 0.941. The van der Waals surface area contributed by atoms with E-state index < -0.39 is 0 Å². The monoisotopic (exact) mass is 439 g/mol. The second-order valence-corrected chi connectivity index (χ2v) is 7.70. The van der Waals surface area contributed by atoms with Gasteiger partial charge in [0.15, 0.2) is 5.96 Å². The van der Waals surface area contributed by atoms with Gasteiger partial charge in [-0.1, -0.05) is 34.1 Å². The molecule has 0 spiro atoms. The molecule has 0 amide bonds. The molecule has 2 unspecified atom stereocenters. The van der Waals surface area contributed by atoms with Crippen LogP contribution in [-0.4, -0.2) is 51.5 Å². The molecule has 1 saturated heterocycles. The second kappa shape index (κ2) is 8.85. The highest BCUT2D eigenvalue weighted by Gasteiger charge is 2.49. The summed E-state index contributed by atoms with van der Waals surface area (Å²) in [5.41, 5.74) is 0.396. The largest absolute Gasteiger partial charge is 0.380 e. The Labute approximate surface area is 158 Å². The number of nitrogens with zero attached hydrogens (tertiary/aromatic N) is 1. The molecule has 0 aromatic carbocycles. The van der Waals surface area contributed by atoms with Crippen LogP contribution < -0.4 is 10.6 Å². The van der Waals surface area contributed by atoms with Crippen LogP contribution in [0.3, 0.4) is 0 Å². The van der Waals surface area contributed by atoms with E-state index in [1.54, 1.807) is 0 Å². The van der Waals surface area contributed by atoms with Crippen molar-refractivity contribution in [2.75, 3.05) is 33.4 Å². The summed E-state index contributed by atoms with van der Waals surface area (Å²) in [5, 5.41) is 6.99. The minimum absolute atomic E-state index is 0. The van der Waals surface area contributed by atoms with E-state index in [0.717, 1.165) is 45.2 Å². The Morgan fingerprint density at radius 2 is 2.00 bits per heavy atom. The maximum absolute atomic E-state index is 6.00. The molecule has 0 aromatic heterocycles. The van der Waals surface area contributed by atoms with Gasteiger partial charge in [0.1, 0.15) is 0 Å². The highest BCUT2D eigenvalue weighted by Crippen LogP contribution is 2.42. The van der Waals surface area contributed by atoms with Crippen molar-refractivity contribution >= 4 is 29.9 Å². The third kappa shape index (κ3) is 5.19. The van der Waals surface area contributed by atoms with Crippen molar-refractivity contribution in [3.8, 4) is 0 Å². The van der Waals surface area contributed by atoms with Crippen molar-refractivity contribution in [2.24, 2.45) is 15.8 Å². The predicted molar refractivity (Wildman–Crippen MR) is 106 cm³/mol. The SMILES string of the molecule is CCCCOC1CC(NC(=NC)NCC2(C)COC2)C1(C)C.I. The zero-order chi connectivity index (χ0) is 16.2. The van der Waals surface area contributed by atoms with Gasteiger partial charge in [-0.2, -0.15) is 0 Å². The van der Waals surface area contributed by atoms with Gasteiger partial charge in [0, 0.05) is 37.1 Å². The lowest BCUT2D eigenvalue weighted by molar-refractivity contribution is -0.114. The Morgan fingerprint density at radius 3 is 2.48 bits per heavy atom. The number of guanidine groups is 1. The lowest BCUT2D eigenvalue weighted by atomic mass is 9.64. The molecular formula is C17H34IN3O2. The Morgan fingerprint density at radius 1 is 1.30 bits per heavy atom. The van der Waals surface area contributed by atoms with Crippen LogP contribution in [0.2, 0.25) is 0 Å². The van der Waals surface area contributed by atoms with Crippen molar-refractivity contribution < 1.29 is 9.47 Å². The number of hydrogen-bond acceptors (Lipinski definition) is 3. The first kappa shape index (κ1) is 21.0. The number of ether oxygens (including phenoxy) is 2. The first-order chi connectivity index (χ1) is 10.4. The summed E-state index contributed by atoms with van der Waals surface area (Å²) in [5.74, 6) is 0.887. The van der Waals surface area contributed by atoms with Crippen LogP contribution in [0, 0.1) is 10.8 Å². The van der Waals surface area contributed by atoms with Gasteiger partial charge in [-0.3, -0.25) is 4.99 Å². The van der Waals surface area contributed by atoms with Gasteiger partial charge >= 0.3 is 0 Å². The van der Waals surface area contributed by atoms with E-state index in [1.807, 2.05) is 7.05 Å². The van der Waals surface area contributed by atoms with Crippen LogP contribution in [0.5, 0.6) is 0 Å². The van der Waals surface area contributed by atoms with Crippen molar-refractivity contribution in [1.82, 2.24) is 10.6 Å². The van der Waals surface area contributed by atoms with E-state index >= 15 is 0 Å². The third-order valence-corrected chi connectivity index (χ3v) is 5.11. The van der Waals surface area contributed by atoms with Crippen molar-refractivity contribution in [3.63, 3.8) is 0 Å². The predicted octanol–water partition coefficient (Wildman–Crippen LogP) is 2.79. The Balaban J connectivity index is 0.00000264. The average molecular weight is 439 g/mol. The molecule has 1 aliphatic heterocycles. The lowest BCUT2D eigenvalue weighted by Crippen LogP contribution is -2.64. The molecule has 0 bridgehead atoms. The fourth-order valence-electron chi connectivity index (χ4n) is 2.99. The van der Waals surface area contributed by atoms with E-state index in [2.05, 4.69) is 43.3 Å². The second-order valence-electron chi connectivity index (χ2n) is 7.70. The van der Waals surface area contributed by atoms with Crippen LogP contribution in [0.1, 0.15) is 47.0 Å². The van der Waals surface area contributed by atoms with E-state index in [0.29, 0.717) is 12.1 Å². The first-order valence-electron chi connectivity index (χ1n) is 8.58. The molecule has 23 heavy (non-hydrogen) atoms. The number of rotatable bonds is 7. The van der Waals surface area contributed by atoms with Crippen LogP contribution >= 0.6 is 24.0 Å². The maximum atomic E-state index is 6.00. The maximum Gasteiger partial charge on any atom is 0.191 e. The van der Waals surface area contributed by atoms with Gasteiger partial charge in [-0.05, 0) is 12.8 Å². The van der Waals surface area contributed by atoms with Crippen LogP contribution in [-0.2, 0) is 9.47 Å². The Hall–Kier alpha value is -0.0800. The standard InChI is InChI=1S/C17H33N3O2.HI/c1-6-7-8-22-14-9-13(16(14,2)3)20-15(18-5)19-10-17(4)11-21-12-17;/h13-14H,6-12H2,1-5H3,(H2,18,19,20);1H. The number of aliphatic imine (C=N–C) groups is 1. The summed E-state index contributed by atoms with van der Waals surface area (Å²) in [4.78, 5) is 4.35. The zero-order valence-electron chi connectivity index (χ0n) is 15.3. The molecule has 2 atom stereocenters. The molecule has 2 aliphatic rings. The number of unbranched alkanes of at least 4 members (excludes halogenated alkanes) is 1. The zero-order valence-corrected chi connectivity index (χ0v) is 17.6. The normalized spacial score (nSPS) is 28.1. The number of nitrogens with one attached hydrogen (secondary N) is 2. The van der Waals surface area contributed by atoms with Gasteiger partial charge in [-0.25, -0.2) is 0 Å². The van der Waals surface area contributed by atoms with Gasteiger partial charge in [0.05, 0.1) is 19.3 Å².